The summed E-state index contributed by atoms with van der Waals surface area (Å²) in [6.45, 7) is 4.83. The zero-order chi connectivity index (χ0) is 21.5. The van der Waals surface area contributed by atoms with Gasteiger partial charge in [-0.05, 0) is 56.5 Å². The second-order valence-electron chi connectivity index (χ2n) is 7.95. The molecule has 0 bridgehead atoms. The highest BCUT2D eigenvalue weighted by molar-refractivity contribution is 5.95. The van der Waals surface area contributed by atoms with Crippen molar-refractivity contribution in [3.63, 3.8) is 0 Å². The molecule has 1 aliphatic rings. The number of rotatable bonds is 6. The van der Waals surface area contributed by atoms with Crippen LogP contribution < -0.4 is 16.2 Å². The fourth-order valence-electron chi connectivity index (χ4n) is 3.84. The molecule has 2 aromatic heterocycles. The Hall–Kier alpha value is -3.68. The lowest BCUT2D eigenvalue weighted by Crippen LogP contribution is -2.25. The Labute approximate surface area is 178 Å². The van der Waals surface area contributed by atoms with E-state index in [0.717, 1.165) is 29.6 Å². The maximum atomic E-state index is 12.8. The topological polar surface area (TPSA) is 93.3 Å². The van der Waals surface area contributed by atoms with Crippen molar-refractivity contribution in [2.75, 3.05) is 5.32 Å². The third-order valence-electron chi connectivity index (χ3n) is 5.74. The van der Waals surface area contributed by atoms with E-state index in [1.807, 2.05) is 60.7 Å². The Bertz CT molecular complexity index is 1370. The predicted molar refractivity (Wildman–Crippen MR) is 119 cm³/mol. The normalized spacial score (nSPS) is 13.6. The minimum absolute atomic E-state index is 0.0450. The van der Waals surface area contributed by atoms with Gasteiger partial charge in [-0.2, -0.15) is 0 Å². The quantitative estimate of drug-likeness (QED) is 0.504. The highest BCUT2D eigenvalue weighted by Gasteiger charge is 2.24. The molecule has 1 saturated carbocycles. The van der Waals surface area contributed by atoms with Crippen LogP contribution in [0.15, 0.2) is 47.3 Å². The first-order valence-electron chi connectivity index (χ1n) is 10.6. The summed E-state index contributed by atoms with van der Waals surface area (Å²) in [6, 6.07) is 13.5. The molecule has 8 nitrogen and oxygen atoms in total. The van der Waals surface area contributed by atoms with Gasteiger partial charge in [-0.15, -0.1) is 10.2 Å². The van der Waals surface area contributed by atoms with Gasteiger partial charge in [0.2, 0.25) is 5.78 Å². The summed E-state index contributed by atoms with van der Waals surface area (Å²) >= 11 is 0. The zero-order valence-corrected chi connectivity index (χ0v) is 17.6. The fourth-order valence-corrected chi connectivity index (χ4v) is 3.84. The molecule has 0 atom stereocenters. The Morgan fingerprint density at radius 1 is 1.16 bits per heavy atom. The van der Waals surface area contributed by atoms with Crippen LogP contribution >= 0.6 is 0 Å². The molecular formula is C23H24N6O2. The Balaban J connectivity index is 1.50. The van der Waals surface area contributed by atoms with Gasteiger partial charge in [-0.1, -0.05) is 18.2 Å². The lowest BCUT2D eigenvalue weighted by molar-refractivity contribution is 0.0951. The summed E-state index contributed by atoms with van der Waals surface area (Å²) in [7, 11) is 0. The van der Waals surface area contributed by atoms with Crippen molar-refractivity contribution < 1.29 is 4.79 Å². The monoisotopic (exact) mass is 416 g/mol. The average molecular weight is 416 g/mol. The maximum absolute atomic E-state index is 12.8. The van der Waals surface area contributed by atoms with Gasteiger partial charge < -0.3 is 10.6 Å². The molecule has 0 unspecified atom stereocenters. The van der Waals surface area contributed by atoms with Gasteiger partial charge in [0.15, 0.2) is 5.82 Å². The van der Waals surface area contributed by atoms with Crippen molar-refractivity contribution in [2.24, 2.45) is 0 Å². The van der Waals surface area contributed by atoms with E-state index in [2.05, 4.69) is 20.8 Å². The number of hydrogen-bond donors (Lipinski definition) is 2. The Morgan fingerprint density at radius 3 is 2.74 bits per heavy atom. The van der Waals surface area contributed by atoms with Gasteiger partial charge in [0.05, 0.1) is 17.4 Å². The van der Waals surface area contributed by atoms with Crippen molar-refractivity contribution in [1.29, 1.82) is 0 Å². The minimum atomic E-state index is -0.0669. The predicted octanol–water partition coefficient (Wildman–Crippen LogP) is 2.88. The zero-order valence-electron chi connectivity index (χ0n) is 17.6. The molecular weight excluding hydrogens is 392 g/mol. The summed E-state index contributed by atoms with van der Waals surface area (Å²) in [4.78, 5) is 25.2. The number of fused-ring (bicyclic) bond motifs is 3. The molecule has 0 spiro atoms. The smallest absolute Gasteiger partial charge is 0.262 e. The summed E-state index contributed by atoms with van der Waals surface area (Å²) in [5, 5.41) is 15.7. The van der Waals surface area contributed by atoms with Crippen LogP contribution in [0, 0.1) is 6.92 Å². The number of nitrogens with one attached hydrogen (secondary N) is 2. The molecule has 0 saturated heterocycles. The summed E-state index contributed by atoms with van der Waals surface area (Å²) < 4.78 is 3.55. The molecule has 0 radical (unpaired) electrons. The molecule has 158 valence electrons. The molecule has 1 aliphatic carbocycles. The van der Waals surface area contributed by atoms with Gasteiger partial charge in [-0.3, -0.25) is 18.6 Å². The number of nitrogens with zero attached hydrogens (tertiary/aromatic N) is 4. The minimum Gasteiger partial charge on any atom is -0.377 e. The van der Waals surface area contributed by atoms with Gasteiger partial charge in [0.25, 0.3) is 11.5 Å². The van der Waals surface area contributed by atoms with Crippen molar-refractivity contribution in [3.05, 3.63) is 69.8 Å². The fraction of sp³-hybridized carbons (Fsp3) is 0.304. The lowest BCUT2D eigenvalue weighted by atomic mass is 10.1. The van der Waals surface area contributed by atoms with E-state index in [-0.39, 0.29) is 11.5 Å². The van der Waals surface area contributed by atoms with E-state index in [1.54, 1.807) is 4.57 Å². The van der Waals surface area contributed by atoms with Crippen LogP contribution in [0.3, 0.4) is 0 Å². The van der Waals surface area contributed by atoms with E-state index in [0.29, 0.717) is 41.7 Å². The van der Waals surface area contributed by atoms with Gasteiger partial charge in [-0.25, -0.2) is 0 Å². The number of carbonyl (C=O) groups excluding carboxylic acids is 1. The third kappa shape index (κ3) is 3.43. The van der Waals surface area contributed by atoms with Crippen LogP contribution in [0.25, 0.3) is 16.7 Å². The van der Waals surface area contributed by atoms with Crippen LogP contribution in [0.1, 0.15) is 41.5 Å². The molecule has 31 heavy (non-hydrogen) atoms. The third-order valence-corrected chi connectivity index (χ3v) is 5.74. The first kappa shape index (κ1) is 19.3. The number of amides is 1. The van der Waals surface area contributed by atoms with Crippen molar-refractivity contribution >= 4 is 28.3 Å². The molecule has 2 N–H and O–H groups in total. The van der Waals surface area contributed by atoms with E-state index in [4.69, 9.17) is 0 Å². The molecule has 0 aliphatic heterocycles. The first-order valence-corrected chi connectivity index (χ1v) is 10.6. The maximum Gasteiger partial charge on any atom is 0.262 e. The van der Waals surface area contributed by atoms with E-state index >= 15 is 0 Å². The van der Waals surface area contributed by atoms with Gasteiger partial charge >= 0.3 is 0 Å². The highest BCUT2D eigenvalue weighted by atomic mass is 16.1. The number of anilines is 1. The average Bonchev–Trinajstić information content (AvgIpc) is 3.50. The van der Waals surface area contributed by atoms with Crippen molar-refractivity contribution in [3.8, 4) is 0 Å². The second kappa shape index (κ2) is 7.54. The van der Waals surface area contributed by atoms with E-state index in [1.165, 1.54) is 0 Å². The standard InChI is InChI=1S/C23H24N6O2/c1-3-28-22(31)17-6-4-5-7-19(17)29-20(26-27-23(28)29)13-24-18-12-15(9-8-14(18)2)21(30)25-16-10-11-16/h4-9,12,16,24H,3,10-11,13H2,1-2H3,(H,25,30). The molecule has 4 aromatic rings. The summed E-state index contributed by atoms with van der Waals surface area (Å²) in [5.74, 6) is 1.18. The summed E-state index contributed by atoms with van der Waals surface area (Å²) in [5.41, 5.74) is 3.25. The number of aromatic nitrogens is 4. The number of hydrogen-bond acceptors (Lipinski definition) is 5. The first-order chi connectivity index (χ1) is 15.1. The van der Waals surface area contributed by atoms with Crippen LogP contribution in [0.5, 0.6) is 0 Å². The Kier molecular flexibility index (Phi) is 4.69. The number of aryl methyl sites for hydroxylation is 2. The number of carbonyl (C=O) groups is 1. The number of para-hydroxylation sites is 1. The molecule has 2 aromatic carbocycles. The molecule has 5 rings (SSSR count). The Morgan fingerprint density at radius 2 is 1.97 bits per heavy atom. The van der Waals surface area contributed by atoms with E-state index < -0.39 is 0 Å². The van der Waals surface area contributed by atoms with Crippen LogP contribution in [-0.2, 0) is 13.1 Å². The van der Waals surface area contributed by atoms with Crippen molar-refractivity contribution in [1.82, 2.24) is 24.5 Å². The largest absolute Gasteiger partial charge is 0.377 e. The van der Waals surface area contributed by atoms with Crippen LogP contribution in [-0.4, -0.2) is 31.1 Å². The second-order valence-corrected chi connectivity index (χ2v) is 7.95. The molecule has 2 heterocycles. The van der Waals surface area contributed by atoms with Crippen molar-refractivity contribution in [2.45, 2.75) is 45.8 Å². The van der Waals surface area contributed by atoms with Crippen LogP contribution in [0.4, 0.5) is 5.69 Å². The lowest BCUT2D eigenvalue weighted by Gasteiger charge is -2.13. The van der Waals surface area contributed by atoms with E-state index in [9.17, 15) is 9.59 Å². The van der Waals surface area contributed by atoms with Crippen LogP contribution in [0.2, 0.25) is 0 Å². The molecule has 1 amide bonds. The van der Waals surface area contributed by atoms with Gasteiger partial charge in [0.1, 0.15) is 0 Å². The molecule has 8 heteroatoms. The van der Waals surface area contributed by atoms with Gasteiger partial charge in [0, 0.05) is 23.8 Å². The highest BCUT2D eigenvalue weighted by Crippen LogP contribution is 2.22. The number of benzene rings is 2. The SMILES string of the molecule is CCn1c(=O)c2ccccc2n2c(CNc3cc(C(=O)NC4CC4)ccc3C)nnc12. The summed E-state index contributed by atoms with van der Waals surface area (Å²) in [6.07, 6.45) is 2.11. The molecule has 1 fully saturated rings.